The quantitative estimate of drug-likeness (QED) is 0.611. The summed E-state index contributed by atoms with van der Waals surface area (Å²) in [5.74, 6) is -1.24. The van der Waals surface area contributed by atoms with E-state index >= 15 is 0 Å². The highest BCUT2D eigenvalue weighted by Crippen LogP contribution is 2.46. The normalized spacial score (nSPS) is 23.3. The number of rotatable bonds is 6. The zero-order chi connectivity index (χ0) is 22.4. The highest BCUT2D eigenvalue weighted by atomic mass is 79.9. The van der Waals surface area contributed by atoms with Crippen LogP contribution in [0.4, 0.5) is 14.6 Å². The van der Waals surface area contributed by atoms with Gasteiger partial charge in [0.2, 0.25) is 0 Å². The van der Waals surface area contributed by atoms with E-state index in [0.717, 1.165) is 19.4 Å². The minimum absolute atomic E-state index is 0.0319. The smallest absolute Gasteiger partial charge is 0.319 e. The van der Waals surface area contributed by atoms with Crippen LogP contribution in [0.5, 0.6) is 6.01 Å². The number of aromatic nitrogens is 2. The van der Waals surface area contributed by atoms with Gasteiger partial charge in [-0.25, -0.2) is 8.78 Å². The number of aliphatic hydroxyl groups is 1. The van der Waals surface area contributed by atoms with Crippen LogP contribution >= 0.6 is 15.9 Å². The molecule has 0 radical (unpaired) electrons. The van der Waals surface area contributed by atoms with Crippen molar-refractivity contribution in [1.82, 2.24) is 14.9 Å². The summed E-state index contributed by atoms with van der Waals surface area (Å²) in [5.41, 5.74) is -1.12. The highest BCUT2D eigenvalue weighted by molar-refractivity contribution is 9.10. The molecule has 0 amide bonds. The predicted octanol–water partition coefficient (Wildman–Crippen LogP) is 2.98. The number of hydrogen-bond acceptors (Lipinski definition) is 7. The van der Waals surface area contributed by atoms with E-state index in [-0.39, 0.29) is 40.0 Å². The molecule has 2 aromatic rings. The first-order chi connectivity index (χ1) is 14.6. The topological polar surface area (TPSA) is 71.0 Å². The van der Waals surface area contributed by atoms with Crippen LogP contribution in [-0.2, 0) is 4.74 Å². The third kappa shape index (κ3) is 4.92. The second-order valence-electron chi connectivity index (χ2n) is 9.21. The van der Waals surface area contributed by atoms with Crippen molar-refractivity contribution < 1.29 is 23.4 Å². The minimum atomic E-state index is -1.13. The van der Waals surface area contributed by atoms with Crippen LogP contribution in [0, 0.1) is 17.0 Å². The van der Waals surface area contributed by atoms with Crippen molar-refractivity contribution in [3.63, 3.8) is 0 Å². The summed E-state index contributed by atoms with van der Waals surface area (Å²) in [4.78, 5) is 12.7. The Morgan fingerprint density at radius 2 is 2.06 bits per heavy atom. The largest absolute Gasteiger partial charge is 0.463 e. The van der Waals surface area contributed by atoms with E-state index in [1.54, 1.807) is 11.8 Å². The van der Waals surface area contributed by atoms with Gasteiger partial charge in [0.05, 0.1) is 30.8 Å². The number of fused-ring (bicyclic) bond motifs is 1. The molecule has 7 nitrogen and oxygen atoms in total. The van der Waals surface area contributed by atoms with Gasteiger partial charge in [-0.15, -0.1) is 0 Å². The molecule has 1 aliphatic heterocycles. The fraction of sp³-hybridized carbons (Fsp3) is 0.619. The SMILES string of the molecule is CN(C)CC1(COc2nc(N3CCOCC(C)(O)C3)c3cc(F)c(Br)c(F)c3n2)CC1. The summed E-state index contributed by atoms with van der Waals surface area (Å²) in [6.07, 6.45) is 2.09. The first kappa shape index (κ1) is 22.6. The molecule has 1 aromatic carbocycles. The number of nitrogens with zero attached hydrogens (tertiary/aromatic N) is 4. The van der Waals surface area contributed by atoms with Crippen LogP contribution in [0.3, 0.4) is 0 Å². The standard InChI is InChI=1S/C21H27BrF2N4O3/c1-20(29)9-28(6-7-30-11-20)18-13-8-14(23)15(22)16(24)17(13)25-19(26-18)31-12-21(4-5-21)10-27(2)3/h8,29H,4-7,9-12H2,1-3H3. The van der Waals surface area contributed by atoms with Crippen molar-refractivity contribution in [2.45, 2.75) is 25.4 Å². The second-order valence-corrected chi connectivity index (χ2v) is 10.0. The van der Waals surface area contributed by atoms with Crippen molar-refractivity contribution in [3.8, 4) is 6.01 Å². The summed E-state index contributed by atoms with van der Waals surface area (Å²) >= 11 is 2.95. The van der Waals surface area contributed by atoms with Crippen molar-refractivity contribution in [2.75, 3.05) is 58.5 Å². The molecular weight excluding hydrogens is 474 g/mol. The van der Waals surface area contributed by atoms with E-state index in [4.69, 9.17) is 9.47 Å². The average molecular weight is 501 g/mol. The maximum atomic E-state index is 14.9. The Morgan fingerprint density at radius 3 is 2.74 bits per heavy atom. The van der Waals surface area contributed by atoms with Crippen molar-refractivity contribution in [3.05, 3.63) is 22.2 Å². The van der Waals surface area contributed by atoms with Crippen molar-refractivity contribution >= 4 is 32.7 Å². The zero-order valence-electron chi connectivity index (χ0n) is 17.9. The van der Waals surface area contributed by atoms with Gasteiger partial charge in [0.25, 0.3) is 0 Å². The van der Waals surface area contributed by atoms with Gasteiger partial charge in [0.15, 0.2) is 5.82 Å². The molecule has 2 heterocycles. The molecule has 1 unspecified atom stereocenters. The predicted molar refractivity (Wildman–Crippen MR) is 117 cm³/mol. The van der Waals surface area contributed by atoms with E-state index in [9.17, 15) is 13.9 Å². The van der Waals surface area contributed by atoms with Gasteiger partial charge >= 0.3 is 6.01 Å². The average Bonchev–Trinajstić information content (AvgIpc) is 3.48. The molecule has 1 aromatic heterocycles. The summed E-state index contributed by atoms with van der Waals surface area (Å²) in [7, 11) is 4.03. The van der Waals surface area contributed by atoms with Crippen LogP contribution in [0.25, 0.3) is 10.9 Å². The number of β-amino-alcohol motifs (C(OH)–C–C–N with tert-alkyl or cyclic N) is 1. The van der Waals surface area contributed by atoms with Gasteiger partial charge in [-0.3, -0.25) is 0 Å². The summed E-state index contributed by atoms with van der Waals surface area (Å²) in [5, 5.41) is 10.8. The number of anilines is 1. The molecule has 0 bridgehead atoms. The number of halogens is 3. The van der Waals surface area contributed by atoms with Crippen molar-refractivity contribution in [2.24, 2.45) is 5.41 Å². The number of benzene rings is 1. The van der Waals surface area contributed by atoms with Crippen LogP contribution in [0.2, 0.25) is 0 Å². The Hall–Kier alpha value is -1.62. The lowest BCUT2D eigenvalue weighted by Gasteiger charge is -2.29. The summed E-state index contributed by atoms with van der Waals surface area (Å²) in [6, 6.07) is 1.24. The van der Waals surface area contributed by atoms with E-state index in [0.29, 0.717) is 25.6 Å². The Labute approximate surface area is 188 Å². The fourth-order valence-electron chi connectivity index (χ4n) is 4.04. The van der Waals surface area contributed by atoms with Gasteiger partial charge in [-0.2, -0.15) is 9.97 Å². The molecular formula is C21H27BrF2N4O3. The Morgan fingerprint density at radius 1 is 1.32 bits per heavy atom. The third-order valence-corrected chi connectivity index (χ3v) is 6.38. The Balaban J connectivity index is 1.74. The molecule has 1 atom stereocenters. The maximum absolute atomic E-state index is 14.9. The Kier molecular flexibility index (Phi) is 6.10. The third-order valence-electron chi connectivity index (χ3n) is 5.65. The first-order valence-electron chi connectivity index (χ1n) is 10.3. The van der Waals surface area contributed by atoms with Crippen LogP contribution < -0.4 is 9.64 Å². The molecule has 4 rings (SSSR count). The molecule has 0 spiro atoms. The first-order valence-corrected chi connectivity index (χ1v) is 11.1. The van der Waals surface area contributed by atoms with Gasteiger partial charge in [0.1, 0.15) is 22.8 Å². The van der Waals surface area contributed by atoms with Gasteiger partial charge in [-0.1, -0.05) is 0 Å². The van der Waals surface area contributed by atoms with E-state index < -0.39 is 17.2 Å². The van der Waals surface area contributed by atoms with E-state index in [2.05, 4.69) is 30.8 Å². The number of ether oxygens (including phenoxy) is 2. The van der Waals surface area contributed by atoms with E-state index in [1.807, 2.05) is 14.1 Å². The lowest BCUT2D eigenvalue weighted by Crippen LogP contribution is -2.42. The van der Waals surface area contributed by atoms with Gasteiger partial charge in [0, 0.05) is 23.9 Å². The molecule has 31 heavy (non-hydrogen) atoms. The maximum Gasteiger partial charge on any atom is 0.319 e. The molecule has 10 heteroatoms. The highest BCUT2D eigenvalue weighted by Gasteiger charge is 2.44. The Bertz CT molecular complexity index is 985. The van der Waals surface area contributed by atoms with Crippen LogP contribution in [0.15, 0.2) is 10.5 Å². The monoisotopic (exact) mass is 500 g/mol. The molecule has 1 saturated carbocycles. The van der Waals surface area contributed by atoms with Gasteiger partial charge < -0.3 is 24.4 Å². The number of hydrogen-bond donors (Lipinski definition) is 1. The van der Waals surface area contributed by atoms with Crippen LogP contribution in [0.1, 0.15) is 19.8 Å². The summed E-state index contributed by atoms with van der Waals surface area (Å²) in [6.45, 7) is 4.07. The minimum Gasteiger partial charge on any atom is -0.463 e. The lowest BCUT2D eigenvalue weighted by atomic mass is 10.1. The van der Waals surface area contributed by atoms with E-state index in [1.165, 1.54) is 6.07 Å². The molecule has 1 N–H and O–H groups in total. The fourth-order valence-corrected chi connectivity index (χ4v) is 4.34. The lowest BCUT2D eigenvalue weighted by molar-refractivity contribution is -0.0123. The summed E-state index contributed by atoms with van der Waals surface area (Å²) < 4.78 is 40.4. The molecule has 1 aliphatic carbocycles. The molecule has 2 fully saturated rings. The zero-order valence-corrected chi connectivity index (χ0v) is 19.5. The van der Waals surface area contributed by atoms with Crippen molar-refractivity contribution in [1.29, 1.82) is 0 Å². The molecule has 2 aliphatic rings. The van der Waals surface area contributed by atoms with Crippen LogP contribution in [-0.4, -0.2) is 79.1 Å². The molecule has 1 saturated heterocycles. The van der Waals surface area contributed by atoms with Gasteiger partial charge in [-0.05, 0) is 55.9 Å². The second kappa shape index (κ2) is 8.38. The molecule has 170 valence electrons.